The Bertz CT molecular complexity index is 721. The summed E-state index contributed by atoms with van der Waals surface area (Å²) in [6.07, 6.45) is 0.566. The molecule has 0 saturated carbocycles. The Morgan fingerprint density at radius 3 is 2.42 bits per heavy atom. The number of carbonyl (C=O) groups excluding carboxylic acids is 1. The summed E-state index contributed by atoms with van der Waals surface area (Å²) in [5, 5.41) is 3.36. The van der Waals surface area contributed by atoms with E-state index in [9.17, 15) is 4.79 Å². The Kier molecular flexibility index (Phi) is 6.29. The van der Waals surface area contributed by atoms with E-state index in [1.165, 1.54) is 22.4 Å². The Hall–Kier alpha value is -2.33. The maximum Gasteiger partial charge on any atom is 0.223 e. The summed E-state index contributed by atoms with van der Waals surface area (Å²) in [5.41, 5.74) is 5.23. The first kappa shape index (κ1) is 18.5. The van der Waals surface area contributed by atoms with Crippen LogP contribution in [-0.4, -0.2) is 43.5 Å². The number of anilines is 1. The van der Waals surface area contributed by atoms with Gasteiger partial charge in [0.1, 0.15) is 0 Å². The normalized spacial score (nSPS) is 14.5. The number of carbonyl (C=O) groups is 1. The minimum atomic E-state index is 0.256. The maximum absolute atomic E-state index is 12.4. The Morgan fingerprint density at radius 1 is 0.962 bits per heavy atom. The van der Waals surface area contributed by atoms with Crippen molar-refractivity contribution in [3.8, 4) is 0 Å². The third-order valence-corrected chi connectivity index (χ3v) is 5.24. The first-order valence-electron chi connectivity index (χ1n) is 9.49. The number of aryl methyl sites for hydroxylation is 1. The van der Waals surface area contributed by atoms with E-state index >= 15 is 0 Å². The molecule has 4 nitrogen and oxygen atoms in total. The van der Waals surface area contributed by atoms with Crippen molar-refractivity contribution in [2.24, 2.45) is 0 Å². The second-order valence-electron chi connectivity index (χ2n) is 7.00. The molecule has 1 aliphatic heterocycles. The molecule has 0 aromatic heterocycles. The van der Waals surface area contributed by atoms with Crippen LogP contribution in [0.15, 0.2) is 48.5 Å². The zero-order valence-electron chi connectivity index (χ0n) is 15.9. The van der Waals surface area contributed by atoms with Crippen molar-refractivity contribution in [1.82, 2.24) is 10.2 Å². The van der Waals surface area contributed by atoms with Crippen molar-refractivity contribution in [3.05, 3.63) is 65.2 Å². The van der Waals surface area contributed by atoms with Gasteiger partial charge in [-0.25, -0.2) is 0 Å². The molecule has 0 bridgehead atoms. The molecule has 1 fully saturated rings. The summed E-state index contributed by atoms with van der Waals surface area (Å²) < 4.78 is 0. The van der Waals surface area contributed by atoms with Gasteiger partial charge in [-0.2, -0.15) is 0 Å². The highest BCUT2D eigenvalue weighted by atomic mass is 16.2. The number of rotatable bonds is 6. The lowest BCUT2D eigenvalue weighted by molar-refractivity contribution is -0.131. The molecule has 0 spiro atoms. The van der Waals surface area contributed by atoms with E-state index < -0.39 is 0 Å². The van der Waals surface area contributed by atoms with Crippen LogP contribution in [0.25, 0.3) is 0 Å². The number of nitrogens with one attached hydrogen (secondary N) is 1. The summed E-state index contributed by atoms with van der Waals surface area (Å²) in [7, 11) is 0. The molecule has 3 rings (SSSR count). The van der Waals surface area contributed by atoms with Crippen LogP contribution in [0.2, 0.25) is 0 Å². The van der Waals surface area contributed by atoms with Gasteiger partial charge in [-0.05, 0) is 36.6 Å². The Balaban J connectivity index is 1.41. The predicted molar refractivity (Wildman–Crippen MR) is 107 cm³/mol. The van der Waals surface area contributed by atoms with E-state index in [0.29, 0.717) is 6.42 Å². The minimum absolute atomic E-state index is 0.256. The lowest BCUT2D eigenvalue weighted by Crippen LogP contribution is -2.49. The fourth-order valence-corrected chi connectivity index (χ4v) is 3.46. The molecule has 138 valence electrons. The average molecular weight is 351 g/mol. The summed E-state index contributed by atoms with van der Waals surface area (Å²) in [5.74, 6) is 0.256. The van der Waals surface area contributed by atoms with Crippen LogP contribution in [0.1, 0.15) is 23.1 Å². The van der Waals surface area contributed by atoms with Crippen LogP contribution in [0, 0.1) is 13.8 Å². The van der Waals surface area contributed by atoms with Gasteiger partial charge in [0.05, 0.1) is 0 Å². The number of amides is 1. The highest BCUT2D eigenvalue weighted by molar-refractivity contribution is 5.76. The Morgan fingerprint density at radius 2 is 1.69 bits per heavy atom. The number of piperazine rings is 1. The molecule has 2 aromatic carbocycles. The standard InChI is InChI=1S/C22H29N3O/c1-18-7-6-10-21(19(18)2)24-13-15-25(16-14-24)22(26)11-12-23-17-20-8-4-3-5-9-20/h3-10,23H,11-17H2,1-2H3. The fourth-order valence-electron chi connectivity index (χ4n) is 3.46. The highest BCUT2D eigenvalue weighted by Gasteiger charge is 2.21. The third kappa shape index (κ3) is 4.64. The molecule has 1 heterocycles. The molecule has 0 aliphatic carbocycles. The van der Waals surface area contributed by atoms with E-state index in [2.05, 4.69) is 54.4 Å². The van der Waals surface area contributed by atoms with Crippen molar-refractivity contribution in [3.63, 3.8) is 0 Å². The zero-order chi connectivity index (χ0) is 18.4. The molecular formula is C22H29N3O. The van der Waals surface area contributed by atoms with Crippen molar-refractivity contribution in [2.45, 2.75) is 26.8 Å². The SMILES string of the molecule is Cc1cccc(N2CCN(C(=O)CCNCc3ccccc3)CC2)c1C. The predicted octanol–water partition coefficient (Wildman–Crippen LogP) is 3.13. The van der Waals surface area contributed by atoms with Crippen molar-refractivity contribution < 1.29 is 4.79 Å². The van der Waals surface area contributed by atoms with Gasteiger partial charge >= 0.3 is 0 Å². The number of hydrogen-bond acceptors (Lipinski definition) is 3. The molecule has 0 atom stereocenters. The largest absolute Gasteiger partial charge is 0.368 e. The molecule has 4 heteroatoms. The van der Waals surface area contributed by atoms with E-state index in [1.54, 1.807) is 0 Å². The summed E-state index contributed by atoms with van der Waals surface area (Å²) in [6.45, 7) is 9.32. The van der Waals surface area contributed by atoms with Crippen molar-refractivity contribution in [1.29, 1.82) is 0 Å². The zero-order valence-corrected chi connectivity index (χ0v) is 15.9. The Labute approximate surface area is 156 Å². The number of nitrogens with zero attached hydrogens (tertiary/aromatic N) is 2. The smallest absolute Gasteiger partial charge is 0.223 e. The van der Waals surface area contributed by atoms with Gasteiger partial charge in [-0.1, -0.05) is 42.5 Å². The fraction of sp³-hybridized carbons (Fsp3) is 0.409. The van der Waals surface area contributed by atoms with Gasteiger partial charge in [0.2, 0.25) is 5.91 Å². The quantitative estimate of drug-likeness (QED) is 0.812. The topological polar surface area (TPSA) is 35.6 Å². The van der Waals surface area contributed by atoms with Crippen LogP contribution in [0.5, 0.6) is 0 Å². The van der Waals surface area contributed by atoms with Crippen LogP contribution in [0.3, 0.4) is 0 Å². The summed E-state index contributed by atoms with van der Waals surface area (Å²) in [4.78, 5) is 16.8. The van der Waals surface area contributed by atoms with Gasteiger partial charge < -0.3 is 15.1 Å². The molecule has 0 radical (unpaired) electrons. The first-order chi connectivity index (χ1) is 12.6. The molecule has 26 heavy (non-hydrogen) atoms. The van der Waals surface area contributed by atoms with E-state index in [0.717, 1.165) is 39.3 Å². The summed E-state index contributed by atoms with van der Waals surface area (Å²) in [6, 6.07) is 16.8. The van der Waals surface area contributed by atoms with E-state index in [1.807, 2.05) is 23.1 Å². The molecule has 0 unspecified atom stereocenters. The van der Waals surface area contributed by atoms with Crippen LogP contribution >= 0.6 is 0 Å². The molecule has 1 saturated heterocycles. The lowest BCUT2D eigenvalue weighted by atomic mass is 10.1. The second kappa shape index (κ2) is 8.86. The summed E-state index contributed by atoms with van der Waals surface area (Å²) >= 11 is 0. The number of hydrogen-bond donors (Lipinski definition) is 1. The van der Waals surface area contributed by atoms with Gasteiger partial charge in [0, 0.05) is 51.4 Å². The molecule has 2 aromatic rings. The monoisotopic (exact) mass is 351 g/mol. The van der Waals surface area contributed by atoms with Crippen LogP contribution in [-0.2, 0) is 11.3 Å². The first-order valence-corrected chi connectivity index (χ1v) is 9.49. The molecular weight excluding hydrogens is 322 g/mol. The van der Waals surface area contributed by atoms with Crippen LogP contribution < -0.4 is 10.2 Å². The van der Waals surface area contributed by atoms with Crippen LogP contribution in [0.4, 0.5) is 5.69 Å². The molecule has 1 N–H and O–H groups in total. The third-order valence-electron chi connectivity index (χ3n) is 5.24. The van der Waals surface area contributed by atoms with Gasteiger partial charge in [-0.3, -0.25) is 4.79 Å². The number of benzene rings is 2. The second-order valence-corrected chi connectivity index (χ2v) is 7.00. The van der Waals surface area contributed by atoms with Gasteiger partial charge in [0.25, 0.3) is 0 Å². The lowest BCUT2D eigenvalue weighted by Gasteiger charge is -2.37. The van der Waals surface area contributed by atoms with E-state index in [-0.39, 0.29) is 5.91 Å². The van der Waals surface area contributed by atoms with E-state index in [4.69, 9.17) is 0 Å². The minimum Gasteiger partial charge on any atom is -0.368 e. The highest BCUT2D eigenvalue weighted by Crippen LogP contribution is 2.23. The molecule has 1 aliphatic rings. The van der Waals surface area contributed by atoms with Gasteiger partial charge in [-0.15, -0.1) is 0 Å². The maximum atomic E-state index is 12.4. The average Bonchev–Trinajstić information content (AvgIpc) is 2.68. The van der Waals surface area contributed by atoms with Crippen molar-refractivity contribution in [2.75, 3.05) is 37.6 Å². The molecule has 1 amide bonds. The van der Waals surface area contributed by atoms with Crippen molar-refractivity contribution >= 4 is 11.6 Å². The van der Waals surface area contributed by atoms with Gasteiger partial charge in [0.15, 0.2) is 0 Å².